The standard InChI is InChI=1S/C18H18F4N2O/c1-17(2,12-7-9-13(19)10-8-12)11-23-16(25)24-15-6-4-3-5-14(15)18(20,21)22/h3-10H,11H2,1-2H3,(H2,23,24,25). The first-order valence-electron chi connectivity index (χ1n) is 7.57. The number of carbonyl (C=O) groups excluding carboxylic acids is 1. The lowest BCUT2D eigenvalue weighted by Gasteiger charge is -2.26. The summed E-state index contributed by atoms with van der Waals surface area (Å²) in [5, 5.41) is 4.77. The van der Waals surface area contributed by atoms with Gasteiger partial charge < -0.3 is 10.6 Å². The first-order valence-corrected chi connectivity index (χ1v) is 7.57. The molecule has 0 fully saturated rings. The number of rotatable bonds is 4. The number of benzene rings is 2. The first-order chi connectivity index (χ1) is 11.6. The van der Waals surface area contributed by atoms with Crippen LogP contribution in [-0.4, -0.2) is 12.6 Å². The van der Waals surface area contributed by atoms with Gasteiger partial charge in [0.15, 0.2) is 0 Å². The lowest BCUT2D eigenvalue weighted by molar-refractivity contribution is -0.136. The lowest BCUT2D eigenvalue weighted by Crippen LogP contribution is -2.39. The summed E-state index contributed by atoms with van der Waals surface area (Å²) in [7, 11) is 0. The Labute approximate surface area is 143 Å². The Hall–Kier alpha value is -2.57. The minimum Gasteiger partial charge on any atom is -0.337 e. The van der Waals surface area contributed by atoms with Crippen LogP contribution in [0.5, 0.6) is 0 Å². The molecule has 0 atom stereocenters. The van der Waals surface area contributed by atoms with E-state index in [1.54, 1.807) is 12.1 Å². The van der Waals surface area contributed by atoms with Gasteiger partial charge in [-0.15, -0.1) is 0 Å². The Morgan fingerprint density at radius 2 is 1.60 bits per heavy atom. The van der Waals surface area contributed by atoms with E-state index in [0.717, 1.165) is 11.6 Å². The molecule has 0 saturated heterocycles. The van der Waals surface area contributed by atoms with E-state index in [1.165, 1.54) is 30.3 Å². The van der Waals surface area contributed by atoms with Gasteiger partial charge in [0.2, 0.25) is 0 Å². The van der Waals surface area contributed by atoms with Crippen molar-refractivity contribution in [3.8, 4) is 0 Å². The number of amides is 2. The zero-order valence-electron chi connectivity index (χ0n) is 13.7. The molecular formula is C18H18F4N2O. The van der Waals surface area contributed by atoms with E-state index in [0.29, 0.717) is 0 Å². The van der Waals surface area contributed by atoms with Crippen LogP contribution in [0.15, 0.2) is 48.5 Å². The molecule has 0 aliphatic carbocycles. The maximum atomic E-state index is 13.0. The third-order valence-electron chi connectivity index (χ3n) is 3.80. The molecule has 7 heteroatoms. The number of anilines is 1. The molecule has 2 rings (SSSR count). The predicted octanol–water partition coefficient (Wildman–Crippen LogP) is 4.94. The fourth-order valence-corrected chi connectivity index (χ4v) is 2.31. The zero-order valence-corrected chi connectivity index (χ0v) is 13.7. The second kappa shape index (κ2) is 7.13. The number of hydrogen-bond donors (Lipinski definition) is 2. The quantitative estimate of drug-likeness (QED) is 0.750. The van der Waals surface area contributed by atoms with Gasteiger partial charge in [-0.3, -0.25) is 0 Å². The number of halogens is 4. The maximum Gasteiger partial charge on any atom is 0.418 e. The Morgan fingerprint density at radius 3 is 2.20 bits per heavy atom. The highest BCUT2D eigenvalue weighted by Crippen LogP contribution is 2.34. The predicted molar refractivity (Wildman–Crippen MR) is 87.9 cm³/mol. The molecule has 2 aromatic rings. The van der Waals surface area contributed by atoms with Crippen molar-refractivity contribution in [2.45, 2.75) is 25.4 Å². The van der Waals surface area contributed by atoms with Crippen LogP contribution in [0.25, 0.3) is 0 Å². The van der Waals surface area contributed by atoms with Crippen LogP contribution in [0, 0.1) is 5.82 Å². The number of hydrogen-bond acceptors (Lipinski definition) is 1. The number of carbonyl (C=O) groups is 1. The highest BCUT2D eigenvalue weighted by atomic mass is 19.4. The van der Waals surface area contributed by atoms with Crippen molar-refractivity contribution in [1.82, 2.24) is 5.32 Å². The van der Waals surface area contributed by atoms with E-state index < -0.39 is 23.2 Å². The Balaban J connectivity index is 2.03. The monoisotopic (exact) mass is 354 g/mol. The van der Waals surface area contributed by atoms with Crippen LogP contribution >= 0.6 is 0 Å². The summed E-state index contributed by atoms with van der Waals surface area (Å²) in [6, 6.07) is 9.85. The van der Waals surface area contributed by atoms with Crippen LogP contribution in [-0.2, 0) is 11.6 Å². The van der Waals surface area contributed by atoms with Gasteiger partial charge in [0.1, 0.15) is 5.82 Å². The molecule has 2 aromatic carbocycles. The Kier molecular flexibility index (Phi) is 5.35. The highest BCUT2D eigenvalue weighted by molar-refractivity contribution is 5.90. The maximum absolute atomic E-state index is 13.0. The fraction of sp³-hybridized carbons (Fsp3) is 0.278. The van der Waals surface area contributed by atoms with Gasteiger partial charge in [-0.2, -0.15) is 13.2 Å². The van der Waals surface area contributed by atoms with E-state index in [-0.39, 0.29) is 18.0 Å². The van der Waals surface area contributed by atoms with Crippen molar-refractivity contribution in [3.05, 3.63) is 65.5 Å². The van der Waals surface area contributed by atoms with Gasteiger partial charge >= 0.3 is 12.2 Å². The van der Waals surface area contributed by atoms with Gasteiger partial charge in [-0.05, 0) is 29.8 Å². The molecule has 0 bridgehead atoms. The molecule has 0 saturated carbocycles. The third kappa shape index (κ3) is 4.95. The van der Waals surface area contributed by atoms with Gasteiger partial charge in [0.05, 0.1) is 11.3 Å². The topological polar surface area (TPSA) is 41.1 Å². The first kappa shape index (κ1) is 18.8. The molecule has 0 radical (unpaired) electrons. The molecule has 0 aromatic heterocycles. The van der Waals surface area contributed by atoms with Crippen molar-refractivity contribution in [1.29, 1.82) is 0 Å². The summed E-state index contributed by atoms with van der Waals surface area (Å²) >= 11 is 0. The van der Waals surface area contributed by atoms with Crippen molar-refractivity contribution >= 4 is 11.7 Å². The summed E-state index contributed by atoms with van der Waals surface area (Å²) in [6.45, 7) is 3.84. The molecule has 0 aliphatic rings. The molecule has 0 unspecified atom stereocenters. The second-order valence-electron chi connectivity index (χ2n) is 6.24. The van der Waals surface area contributed by atoms with Crippen LogP contribution in [0.1, 0.15) is 25.0 Å². The Bertz CT molecular complexity index is 739. The molecular weight excluding hydrogens is 336 g/mol. The molecule has 134 valence electrons. The van der Waals surface area contributed by atoms with E-state index >= 15 is 0 Å². The normalized spacial score (nSPS) is 11.9. The molecule has 0 spiro atoms. The minimum atomic E-state index is -4.56. The van der Waals surface area contributed by atoms with Gasteiger partial charge in [-0.1, -0.05) is 38.1 Å². The van der Waals surface area contributed by atoms with Crippen molar-refractivity contribution in [3.63, 3.8) is 0 Å². The average molecular weight is 354 g/mol. The summed E-state index contributed by atoms with van der Waals surface area (Å²) in [6.07, 6.45) is -4.56. The summed E-state index contributed by atoms with van der Waals surface area (Å²) < 4.78 is 51.8. The average Bonchev–Trinajstić information content (AvgIpc) is 2.53. The van der Waals surface area contributed by atoms with E-state index in [1.807, 2.05) is 13.8 Å². The highest BCUT2D eigenvalue weighted by Gasteiger charge is 2.33. The van der Waals surface area contributed by atoms with E-state index in [2.05, 4.69) is 10.6 Å². The minimum absolute atomic E-state index is 0.165. The lowest BCUT2D eigenvalue weighted by atomic mass is 9.84. The van der Waals surface area contributed by atoms with Gasteiger partial charge in [-0.25, -0.2) is 9.18 Å². The largest absolute Gasteiger partial charge is 0.418 e. The van der Waals surface area contributed by atoms with Crippen molar-refractivity contribution in [2.24, 2.45) is 0 Å². The van der Waals surface area contributed by atoms with E-state index in [4.69, 9.17) is 0 Å². The number of para-hydroxylation sites is 1. The summed E-state index contributed by atoms with van der Waals surface area (Å²) in [5.41, 5.74) is -0.950. The molecule has 25 heavy (non-hydrogen) atoms. The molecule has 2 amide bonds. The van der Waals surface area contributed by atoms with Gasteiger partial charge in [0.25, 0.3) is 0 Å². The Morgan fingerprint density at radius 1 is 1.00 bits per heavy atom. The summed E-state index contributed by atoms with van der Waals surface area (Å²) in [4.78, 5) is 12.0. The molecule has 2 N–H and O–H groups in total. The van der Waals surface area contributed by atoms with Crippen molar-refractivity contribution < 1.29 is 22.4 Å². The smallest absolute Gasteiger partial charge is 0.337 e. The summed E-state index contributed by atoms with van der Waals surface area (Å²) in [5.74, 6) is -0.367. The van der Waals surface area contributed by atoms with Crippen LogP contribution in [0.3, 0.4) is 0 Å². The molecule has 0 aliphatic heterocycles. The third-order valence-corrected chi connectivity index (χ3v) is 3.80. The fourth-order valence-electron chi connectivity index (χ4n) is 2.31. The number of alkyl halides is 3. The van der Waals surface area contributed by atoms with Crippen LogP contribution in [0.2, 0.25) is 0 Å². The SMILES string of the molecule is CC(C)(CNC(=O)Nc1ccccc1C(F)(F)F)c1ccc(F)cc1. The zero-order chi connectivity index (χ0) is 18.7. The second-order valence-corrected chi connectivity index (χ2v) is 6.24. The molecule has 3 nitrogen and oxygen atoms in total. The molecule has 0 heterocycles. The van der Waals surface area contributed by atoms with Crippen LogP contribution < -0.4 is 10.6 Å². The number of urea groups is 1. The van der Waals surface area contributed by atoms with Crippen LogP contribution in [0.4, 0.5) is 28.0 Å². The van der Waals surface area contributed by atoms with E-state index in [9.17, 15) is 22.4 Å². The number of nitrogens with one attached hydrogen (secondary N) is 2. The van der Waals surface area contributed by atoms with Gasteiger partial charge in [0, 0.05) is 12.0 Å². The van der Waals surface area contributed by atoms with Crippen molar-refractivity contribution in [2.75, 3.05) is 11.9 Å².